The summed E-state index contributed by atoms with van der Waals surface area (Å²) in [6, 6.07) is 21.3. The van der Waals surface area contributed by atoms with Crippen molar-refractivity contribution >= 4 is 16.7 Å². The van der Waals surface area contributed by atoms with Crippen LogP contribution in [0.25, 0.3) is 10.8 Å². The van der Waals surface area contributed by atoms with E-state index in [1.807, 2.05) is 66.7 Å². The van der Waals surface area contributed by atoms with Gasteiger partial charge in [-0.25, -0.2) is 0 Å². The second kappa shape index (κ2) is 7.83. The maximum Gasteiger partial charge on any atom is 0.223 e. The van der Waals surface area contributed by atoms with E-state index < -0.39 is 0 Å². The van der Waals surface area contributed by atoms with Gasteiger partial charge < -0.3 is 10.4 Å². The number of rotatable bonds is 4. The average molecular weight is 359 g/mol. The van der Waals surface area contributed by atoms with Gasteiger partial charge in [0.2, 0.25) is 5.91 Å². The standard InChI is InChI=1S/C24H25NO2/c26-23-20-14-8-7-9-17(20)15-16-21(23)22(18-10-3-1-4-11-18)25-24(27)19-12-5-2-6-13-19/h1,3-4,7-11,14-16,19,22,26H,2,5-6,12-13H2,(H,25,27). The molecule has 0 spiro atoms. The lowest BCUT2D eigenvalue weighted by atomic mass is 9.87. The fourth-order valence-corrected chi connectivity index (χ4v) is 4.12. The molecule has 3 aromatic carbocycles. The molecule has 0 aliphatic heterocycles. The number of nitrogens with one attached hydrogen (secondary N) is 1. The van der Waals surface area contributed by atoms with Crippen LogP contribution in [0.2, 0.25) is 0 Å². The second-order valence-electron chi connectivity index (χ2n) is 7.41. The number of phenolic OH excluding ortho intramolecular Hbond substituents is 1. The number of hydrogen-bond acceptors (Lipinski definition) is 2. The molecular formula is C24H25NO2. The summed E-state index contributed by atoms with van der Waals surface area (Å²) in [6.45, 7) is 0. The van der Waals surface area contributed by atoms with Crippen molar-refractivity contribution in [3.63, 3.8) is 0 Å². The van der Waals surface area contributed by atoms with Crippen molar-refractivity contribution in [1.82, 2.24) is 5.32 Å². The second-order valence-corrected chi connectivity index (χ2v) is 7.41. The topological polar surface area (TPSA) is 49.3 Å². The third-order valence-corrected chi connectivity index (χ3v) is 5.64. The summed E-state index contributed by atoms with van der Waals surface area (Å²) in [5, 5.41) is 16.0. The lowest BCUT2D eigenvalue weighted by molar-refractivity contribution is -0.126. The Hall–Kier alpha value is -2.81. The van der Waals surface area contributed by atoms with Crippen molar-refractivity contribution in [2.24, 2.45) is 5.92 Å². The molecular weight excluding hydrogens is 334 g/mol. The van der Waals surface area contributed by atoms with Gasteiger partial charge in [0.05, 0.1) is 6.04 Å². The summed E-state index contributed by atoms with van der Waals surface area (Å²) in [7, 11) is 0. The molecule has 1 unspecified atom stereocenters. The first kappa shape index (κ1) is 17.6. The Bertz CT molecular complexity index is 930. The lowest BCUT2D eigenvalue weighted by Crippen LogP contribution is -2.35. The molecule has 3 nitrogen and oxygen atoms in total. The van der Waals surface area contributed by atoms with Crippen LogP contribution in [-0.2, 0) is 4.79 Å². The molecule has 0 aromatic heterocycles. The number of carbonyl (C=O) groups excluding carboxylic acids is 1. The molecule has 0 saturated heterocycles. The number of benzene rings is 3. The first-order valence-corrected chi connectivity index (χ1v) is 9.80. The Morgan fingerprint density at radius 2 is 1.59 bits per heavy atom. The molecule has 0 bridgehead atoms. The highest BCUT2D eigenvalue weighted by atomic mass is 16.3. The minimum absolute atomic E-state index is 0.0764. The molecule has 27 heavy (non-hydrogen) atoms. The third-order valence-electron chi connectivity index (χ3n) is 5.64. The summed E-state index contributed by atoms with van der Waals surface area (Å²) in [4.78, 5) is 12.9. The monoisotopic (exact) mass is 359 g/mol. The fourth-order valence-electron chi connectivity index (χ4n) is 4.12. The summed E-state index contributed by atoms with van der Waals surface area (Å²) in [6.07, 6.45) is 5.37. The normalized spacial score (nSPS) is 16.1. The molecule has 1 aliphatic rings. The van der Waals surface area contributed by atoms with E-state index in [0.717, 1.165) is 47.6 Å². The zero-order valence-electron chi connectivity index (χ0n) is 15.4. The van der Waals surface area contributed by atoms with Crippen LogP contribution < -0.4 is 5.32 Å². The number of hydrogen-bond donors (Lipinski definition) is 2. The number of phenols is 1. The van der Waals surface area contributed by atoms with Crippen molar-refractivity contribution in [3.05, 3.63) is 77.9 Å². The van der Waals surface area contributed by atoms with Crippen molar-refractivity contribution < 1.29 is 9.90 Å². The van der Waals surface area contributed by atoms with Crippen LogP contribution >= 0.6 is 0 Å². The Morgan fingerprint density at radius 1 is 0.889 bits per heavy atom. The Morgan fingerprint density at radius 3 is 2.37 bits per heavy atom. The van der Waals surface area contributed by atoms with Gasteiger partial charge in [0.1, 0.15) is 5.75 Å². The van der Waals surface area contributed by atoms with Crippen LogP contribution in [0.3, 0.4) is 0 Å². The number of carbonyl (C=O) groups is 1. The highest BCUT2D eigenvalue weighted by molar-refractivity contribution is 5.90. The number of amides is 1. The molecule has 3 aromatic rings. The summed E-state index contributed by atoms with van der Waals surface area (Å²) in [5.41, 5.74) is 1.72. The van der Waals surface area contributed by atoms with E-state index in [2.05, 4.69) is 5.32 Å². The molecule has 1 fully saturated rings. The van der Waals surface area contributed by atoms with Gasteiger partial charge in [0.15, 0.2) is 0 Å². The number of aromatic hydroxyl groups is 1. The molecule has 2 N–H and O–H groups in total. The smallest absolute Gasteiger partial charge is 0.223 e. The molecule has 4 rings (SSSR count). The van der Waals surface area contributed by atoms with Gasteiger partial charge in [-0.15, -0.1) is 0 Å². The maximum atomic E-state index is 12.9. The van der Waals surface area contributed by atoms with E-state index in [9.17, 15) is 9.90 Å². The van der Waals surface area contributed by atoms with Gasteiger partial charge >= 0.3 is 0 Å². The van der Waals surface area contributed by atoms with Crippen LogP contribution in [0.4, 0.5) is 0 Å². The van der Waals surface area contributed by atoms with Gasteiger partial charge in [0, 0.05) is 16.9 Å². The lowest BCUT2D eigenvalue weighted by Gasteiger charge is -2.26. The highest BCUT2D eigenvalue weighted by Crippen LogP contribution is 2.36. The zero-order chi connectivity index (χ0) is 18.6. The van der Waals surface area contributed by atoms with Gasteiger partial charge in [-0.05, 0) is 23.8 Å². The Kier molecular flexibility index (Phi) is 5.10. The minimum atomic E-state index is -0.356. The average Bonchev–Trinajstić information content (AvgIpc) is 2.74. The van der Waals surface area contributed by atoms with Gasteiger partial charge in [-0.2, -0.15) is 0 Å². The first-order valence-electron chi connectivity index (χ1n) is 9.80. The van der Waals surface area contributed by atoms with Gasteiger partial charge in [-0.3, -0.25) is 4.79 Å². The fraction of sp³-hybridized carbons (Fsp3) is 0.292. The van der Waals surface area contributed by atoms with Gasteiger partial charge in [0.25, 0.3) is 0 Å². The van der Waals surface area contributed by atoms with Crippen molar-refractivity contribution in [2.45, 2.75) is 38.1 Å². The highest BCUT2D eigenvalue weighted by Gasteiger charge is 2.26. The predicted molar refractivity (Wildman–Crippen MR) is 109 cm³/mol. The van der Waals surface area contributed by atoms with Crippen LogP contribution in [0.1, 0.15) is 49.3 Å². The SMILES string of the molecule is O=C(NC(c1ccccc1)c1ccc2ccccc2c1O)C1CCCCC1. The Labute approximate surface area is 160 Å². The van der Waals surface area contributed by atoms with Crippen LogP contribution in [0.15, 0.2) is 66.7 Å². The molecule has 0 heterocycles. The van der Waals surface area contributed by atoms with E-state index in [-0.39, 0.29) is 23.6 Å². The first-order chi connectivity index (χ1) is 13.2. The number of fused-ring (bicyclic) bond motifs is 1. The quantitative estimate of drug-likeness (QED) is 0.661. The van der Waals surface area contributed by atoms with Crippen molar-refractivity contribution in [3.8, 4) is 5.75 Å². The largest absolute Gasteiger partial charge is 0.507 e. The molecule has 138 valence electrons. The van der Waals surface area contributed by atoms with Gasteiger partial charge in [-0.1, -0.05) is 86.0 Å². The Balaban J connectivity index is 1.72. The van der Waals surface area contributed by atoms with Crippen molar-refractivity contribution in [2.75, 3.05) is 0 Å². The van der Waals surface area contributed by atoms with E-state index in [4.69, 9.17) is 0 Å². The molecule has 1 amide bonds. The van der Waals surface area contributed by atoms with E-state index in [1.54, 1.807) is 0 Å². The third kappa shape index (κ3) is 3.68. The molecule has 1 aliphatic carbocycles. The van der Waals surface area contributed by atoms with Crippen molar-refractivity contribution in [1.29, 1.82) is 0 Å². The van der Waals surface area contributed by atoms with Crippen LogP contribution in [0, 0.1) is 5.92 Å². The zero-order valence-corrected chi connectivity index (χ0v) is 15.4. The van der Waals surface area contributed by atoms with E-state index in [0.29, 0.717) is 0 Å². The molecule has 0 radical (unpaired) electrons. The van der Waals surface area contributed by atoms with Crippen LogP contribution in [-0.4, -0.2) is 11.0 Å². The molecule has 3 heteroatoms. The van der Waals surface area contributed by atoms with Crippen LogP contribution in [0.5, 0.6) is 5.75 Å². The summed E-state index contributed by atoms with van der Waals surface area (Å²) < 4.78 is 0. The summed E-state index contributed by atoms with van der Waals surface area (Å²) in [5.74, 6) is 0.412. The van der Waals surface area contributed by atoms with E-state index in [1.165, 1.54) is 6.42 Å². The minimum Gasteiger partial charge on any atom is -0.507 e. The molecule has 1 atom stereocenters. The van der Waals surface area contributed by atoms with E-state index >= 15 is 0 Å². The molecule has 1 saturated carbocycles. The summed E-state index contributed by atoms with van der Waals surface area (Å²) >= 11 is 0. The maximum absolute atomic E-state index is 12.9. The predicted octanol–water partition coefficient (Wildman–Crippen LogP) is 5.33.